The Labute approximate surface area is 157 Å². The zero-order valence-corrected chi connectivity index (χ0v) is 15.3. The molecule has 0 radical (unpaired) electrons. The molecule has 2 N–H and O–H groups in total. The van der Waals surface area contributed by atoms with E-state index in [9.17, 15) is 9.59 Å². The predicted molar refractivity (Wildman–Crippen MR) is 99.5 cm³/mol. The highest BCUT2D eigenvalue weighted by Crippen LogP contribution is 2.33. The van der Waals surface area contributed by atoms with E-state index in [0.29, 0.717) is 26.3 Å². The molecule has 8 heteroatoms. The van der Waals surface area contributed by atoms with Crippen molar-refractivity contribution in [3.63, 3.8) is 0 Å². The van der Waals surface area contributed by atoms with E-state index >= 15 is 0 Å². The first-order chi connectivity index (χ1) is 11.9. The smallest absolute Gasteiger partial charge is 0.341 e. The molecule has 0 spiro atoms. The topological polar surface area (TPSA) is 105 Å². The third kappa shape index (κ3) is 5.18. The Hall–Kier alpha value is -2.62. The van der Waals surface area contributed by atoms with Gasteiger partial charge in [-0.1, -0.05) is 6.07 Å². The summed E-state index contributed by atoms with van der Waals surface area (Å²) in [7, 11) is 1.45. The van der Waals surface area contributed by atoms with Crippen molar-refractivity contribution in [3.05, 3.63) is 51.1 Å². The Bertz CT molecular complexity index is 834. The van der Waals surface area contributed by atoms with Crippen LogP contribution in [0.15, 0.2) is 41.4 Å². The van der Waals surface area contributed by atoms with Crippen molar-refractivity contribution in [3.8, 4) is 11.5 Å². The molecule has 0 heterocycles. The van der Waals surface area contributed by atoms with Crippen LogP contribution in [0.5, 0.6) is 11.5 Å². The van der Waals surface area contributed by atoms with Gasteiger partial charge in [0.25, 0.3) is 0 Å². The van der Waals surface area contributed by atoms with Gasteiger partial charge >= 0.3 is 11.9 Å². The minimum atomic E-state index is -1.08. The van der Waals surface area contributed by atoms with E-state index in [1.807, 2.05) is 22.6 Å². The number of carbonyl (C=O) groups is 2. The zero-order valence-electron chi connectivity index (χ0n) is 13.1. The summed E-state index contributed by atoms with van der Waals surface area (Å²) in [5.41, 5.74) is 1.35. The van der Waals surface area contributed by atoms with Gasteiger partial charge in [0.15, 0.2) is 18.1 Å². The summed E-state index contributed by atoms with van der Waals surface area (Å²) in [5, 5.41) is 17.7. The fourth-order valence-corrected chi connectivity index (χ4v) is 2.74. The molecular weight excluding hydrogens is 441 g/mol. The van der Waals surface area contributed by atoms with Gasteiger partial charge < -0.3 is 19.7 Å². The molecule has 0 aliphatic rings. The van der Waals surface area contributed by atoms with Crippen LogP contribution < -0.4 is 9.47 Å². The van der Waals surface area contributed by atoms with E-state index in [2.05, 4.69) is 4.99 Å². The van der Waals surface area contributed by atoms with Crippen LogP contribution in [0.3, 0.4) is 0 Å². The SMILES string of the molecule is COc1cc(C=Nc2cccc(C(=O)O)c2)cc(I)c1OCC(=O)O. The molecule has 0 aliphatic carbocycles. The number of ether oxygens (including phenoxy) is 2. The van der Waals surface area contributed by atoms with Gasteiger partial charge in [-0.2, -0.15) is 0 Å². The van der Waals surface area contributed by atoms with E-state index in [1.165, 1.54) is 19.2 Å². The van der Waals surface area contributed by atoms with E-state index < -0.39 is 18.5 Å². The number of hydrogen-bond donors (Lipinski definition) is 2. The molecule has 0 saturated carbocycles. The van der Waals surface area contributed by atoms with Crippen LogP contribution >= 0.6 is 22.6 Å². The number of benzene rings is 2. The summed E-state index contributed by atoms with van der Waals surface area (Å²) >= 11 is 2.01. The summed E-state index contributed by atoms with van der Waals surface area (Å²) in [6.45, 7) is -0.470. The van der Waals surface area contributed by atoms with Crippen molar-refractivity contribution >= 4 is 46.4 Å². The number of methoxy groups -OCH3 is 1. The van der Waals surface area contributed by atoms with Crippen molar-refractivity contribution in [2.24, 2.45) is 4.99 Å². The third-order valence-corrected chi connectivity index (χ3v) is 3.85. The molecule has 0 saturated heterocycles. The summed E-state index contributed by atoms with van der Waals surface area (Å²) in [4.78, 5) is 25.9. The quantitative estimate of drug-likeness (QED) is 0.491. The molecule has 0 atom stereocenters. The van der Waals surface area contributed by atoms with E-state index in [1.54, 1.807) is 30.5 Å². The molecule has 0 aliphatic heterocycles. The van der Waals surface area contributed by atoms with Crippen LogP contribution in [-0.2, 0) is 4.79 Å². The van der Waals surface area contributed by atoms with E-state index in [-0.39, 0.29) is 5.56 Å². The minimum Gasteiger partial charge on any atom is -0.493 e. The van der Waals surface area contributed by atoms with E-state index in [0.717, 1.165) is 0 Å². The maximum Gasteiger partial charge on any atom is 0.341 e. The Balaban J connectivity index is 2.28. The molecule has 0 aromatic heterocycles. The van der Waals surface area contributed by atoms with Crippen molar-refractivity contribution in [1.29, 1.82) is 0 Å². The van der Waals surface area contributed by atoms with Gasteiger partial charge in [0, 0.05) is 6.21 Å². The Morgan fingerprint density at radius 1 is 1.24 bits per heavy atom. The van der Waals surface area contributed by atoms with Gasteiger partial charge in [-0.15, -0.1) is 0 Å². The number of halogens is 1. The summed E-state index contributed by atoms with van der Waals surface area (Å²) in [6, 6.07) is 9.67. The number of aliphatic imine (C=N–C) groups is 1. The molecule has 7 nitrogen and oxygen atoms in total. The molecule has 130 valence electrons. The number of aliphatic carboxylic acids is 1. The minimum absolute atomic E-state index is 0.152. The average molecular weight is 455 g/mol. The van der Waals surface area contributed by atoms with E-state index in [4.69, 9.17) is 19.7 Å². The predicted octanol–water partition coefficient (Wildman–Crippen LogP) is 3.21. The normalized spacial score (nSPS) is 10.6. The first kappa shape index (κ1) is 18.7. The molecule has 0 fully saturated rings. The number of rotatable bonds is 7. The summed E-state index contributed by atoms with van der Waals surface area (Å²) < 4.78 is 11.1. The number of hydrogen-bond acceptors (Lipinski definition) is 5. The van der Waals surface area contributed by atoms with Crippen molar-refractivity contribution in [2.45, 2.75) is 0 Å². The molecule has 2 aromatic rings. The Morgan fingerprint density at radius 3 is 2.64 bits per heavy atom. The molecule has 25 heavy (non-hydrogen) atoms. The molecule has 0 unspecified atom stereocenters. The maximum atomic E-state index is 11.0. The van der Waals surface area contributed by atoms with Crippen molar-refractivity contribution in [2.75, 3.05) is 13.7 Å². The van der Waals surface area contributed by atoms with Crippen LogP contribution in [0.2, 0.25) is 0 Å². The van der Waals surface area contributed by atoms with Crippen LogP contribution in [0, 0.1) is 3.57 Å². The van der Waals surface area contributed by atoms with Crippen LogP contribution in [0.4, 0.5) is 5.69 Å². The number of carboxylic acids is 2. The fraction of sp³-hybridized carbons (Fsp3) is 0.118. The highest BCUT2D eigenvalue weighted by atomic mass is 127. The third-order valence-electron chi connectivity index (χ3n) is 3.05. The Kier molecular flexibility index (Phi) is 6.34. The van der Waals surface area contributed by atoms with Crippen LogP contribution in [0.1, 0.15) is 15.9 Å². The number of aromatic carboxylic acids is 1. The lowest BCUT2D eigenvalue weighted by atomic mass is 10.2. The summed E-state index contributed by atoms with van der Waals surface area (Å²) in [6.07, 6.45) is 1.56. The standard InChI is InChI=1S/C17H14INO6/c1-24-14-6-10(5-13(18)16(14)25-9-15(20)21)8-19-12-4-2-3-11(7-12)17(22)23/h2-8H,9H2,1H3,(H,20,21)(H,22,23). The van der Waals surface area contributed by atoms with Crippen molar-refractivity contribution < 1.29 is 29.3 Å². The Morgan fingerprint density at radius 2 is 2.00 bits per heavy atom. The number of carboxylic acid groups (broad SMARTS) is 2. The monoisotopic (exact) mass is 455 g/mol. The first-order valence-electron chi connectivity index (χ1n) is 7.00. The summed E-state index contributed by atoms with van der Waals surface area (Å²) in [5.74, 6) is -1.38. The lowest BCUT2D eigenvalue weighted by Crippen LogP contribution is -2.11. The second-order valence-corrected chi connectivity index (χ2v) is 5.99. The highest BCUT2D eigenvalue weighted by molar-refractivity contribution is 14.1. The molecule has 2 rings (SSSR count). The maximum absolute atomic E-state index is 11.0. The van der Waals surface area contributed by atoms with Gasteiger partial charge in [0.1, 0.15) is 0 Å². The van der Waals surface area contributed by atoms with Gasteiger partial charge in [-0.25, -0.2) is 9.59 Å². The van der Waals surface area contributed by atoms with Gasteiger partial charge in [0.2, 0.25) is 0 Å². The second-order valence-electron chi connectivity index (χ2n) is 4.83. The van der Waals surface area contributed by atoms with Crippen molar-refractivity contribution in [1.82, 2.24) is 0 Å². The molecular formula is C17H14INO6. The van der Waals surface area contributed by atoms with Gasteiger partial charge in [0.05, 0.1) is 21.9 Å². The lowest BCUT2D eigenvalue weighted by molar-refractivity contribution is -0.139. The molecule has 0 bridgehead atoms. The lowest BCUT2D eigenvalue weighted by Gasteiger charge is -2.12. The van der Waals surface area contributed by atoms with Gasteiger partial charge in [-0.3, -0.25) is 4.99 Å². The first-order valence-corrected chi connectivity index (χ1v) is 8.08. The van der Waals surface area contributed by atoms with Crippen LogP contribution in [0.25, 0.3) is 0 Å². The molecule has 0 amide bonds. The zero-order chi connectivity index (χ0) is 18.4. The highest BCUT2D eigenvalue weighted by Gasteiger charge is 2.12. The average Bonchev–Trinajstić information content (AvgIpc) is 2.58. The fourth-order valence-electron chi connectivity index (χ4n) is 1.96. The van der Waals surface area contributed by atoms with Gasteiger partial charge in [-0.05, 0) is 58.5 Å². The largest absolute Gasteiger partial charge is 0.493 e. The number of nitrogens with zero attached hydrogens (tertiary/aromatic N) is 1. The molecule has 2 aromatic carbocycles. The van der Waals surface area contributed by atoms with Crippen LogP contribution in [-0.4, -0.2) is 42.1 Å². The second kappa shape index (κ2) is 8.47.